The molecular weight excluding hydrogens is 204 g/mol. The Hall–Kier alpha value is -0.170. The van der Waals surface area contributed by atoms with Crippen molar-refractivity contribution < 1.29 is 13.5 Å². The fourth-order valence-corrected chi connectivity index (χ4v) is 2.67. The first-order valence-corrected chi connectivity index (χ1v) is 6.39. The van der Waals surface area contributed by atoms with Crippen molar-refractivity contribution in [3.8, 4) is 0 Å². The summed E-state index contributed by atoms with van der Waals surface area (Å²) in [5.74, 6) is 0.0619. The van der Waals surface area contributed by atoms with E-state index >= 15 is 0 Å². The van der Waals surface area contributed by atoms with E-state index in [1.165, 1.54) is 7.05 Å². The van der Waals surface area contributed by atoms with Crippen molar-refractivity contribution in [3.05, 3.63) is 0 Å². The molecule has 6 heteroatoms. The van der Waals surface area contributed by atoms with Crippen LogP contribution in [0.4, 0.5) is 0 Å². The lowest BCUT2D eigenvalue weighted by atomic mass is 9.86. The molecule has 0 radical (unpaired) electrons. The van der Waals surface area contributed by atoms with Crippen LogP contribution in [-0.4, -0.2) is 33.2 Å². The van der Waals surface area contributed by atoms with Crippen LogP contribution in [0, 0.1) is 5.92 Å². The Balaban J connectivity index is 2.57. The van der Waals surface area contributed by atoms with Gasteiger partial charge < -0.3 is 5.11 Å². The van der Waals surface area contributed by atoms with Gasteiger partial charge in [0.1, 0.15) is 0 Å². The molecule has 1 aliphatic rings. The van der Waals surface area contributed by atoms with Crippen molar-refractivity contribution >= 4 is 10.2 Å². The second-order valence-corrected chi connectivity index (χ2v) is 5.31. The highest BCUT2D eigenvalue weighted by molar-refractivity contribution is 7.87. The van der Waals surface area contributed by atoms with Crippen LogP contribution in [0.3, 0.4) is 0 Å². The van der Waals surface area contributed by atoms with Crippen LogP contribution < -0.4 is 9.44 Å². The minimum absolute atomic E-state index is 0.0525. The van der Waals surface area contributed by atoms with E-state index in [0.29, 0.717) is 0 Å². The summed E-state index contributed by atoms with van der Waals surface area (Å²) in [4.78, 5) is 0. The lowest BCUT2D eigenvalue weighted by Crippen LogP contribution is -2.47. The second kappa shape index (κ2) is 5.06. The highest BCUT2D eigenvalue weighted by atomic mass is 32.2. The number of rotatable bonds is 4. The zero-order valence-electron chi connectivity index (χ0n) is 8.36. The minimum atomic E-state index is -3.37. The van der Waals surface area contributed by atoms with Gasteiger partial charge in [0.05, 0.1) is 0 Å². The molecular formula is C8H18N2O3S. The Morgan fingerprint density at radius 3 is 2.57 bits per heavy atom. The van der Waals surface area contributed by atoms with Crippen LogP contribution in [0.1, 0.15) is 25.7 Å². The summed E-state index contributed by atoms with van der Waals surface area (Å²) < 4.78 is 27.2. The third-order valence-electron chi connectivity index (χ3n) is 2.72. The van der Waals surface area contributed by atoms with Crippen molar-refractivity contribution in [2.45, 2.75) is 31.7 Å². The molecule has 0 aromatic rings. The number of hydrogen-bond donors (Lipinski definition) is 3. The molecule has 1 fully saturated rings. The molecule has 84 valence electrons. The van der Waals surface area contributed by atoms with E-state index in [1.54, 1.807) is 0 Å². The summed E-state index contributed by atoms with van der Waals surface area (Å²) in [5, 5.41) is 9.08. The average Bonchev–Trinajstić information content (AvgIpc) is 2.18. The van der Waals surface area contributed by atoms with E-state index in [4.69, 9.17) is 5.11 Å². The molecule has 0 spiro atoms. The second-order valence-electron chi connectivity index (χ2n) is 3.66. The SMILES string of the molecule is CNS(=O)(=O)NC1CCCCC1CO. The van der Waals surface area contributed by atoms with Gasteiger partial charge in [0, 0.05) is 19.7 Å². The molecule has 0 saturated heterocycles. The Labute approximate surface area is 85.1 Å². The fraction of sp³-hybridized carbons (Fsp3) is 1.00. The molecule has 0 aliphatic heterocycles. The molecule has 14 heavy (non-hydrogen) atoms. The van der Waals surface area contributed by atoms with Crippen molar-refractivity contribution in [1.82, 2.24) is 9.44 Å². The number of hydrogen-bond acceptors (Lipinski definition) is 3. The number of aliphatic hydroxyl groups excluding tert-OH is 1. The van der Waals surface area contributed by atoms with Crippen LogP contribution in [0.5, 0.6) is 0 Å². The van der Waals surface area contributed by atoms with E-state index in [0.717, 1.165) is 25.7 Å². The molecule has 1 aliphatic carbocycles. The monoisotopic (exact) mass is 222 g/mol. The molecule has 2 unspecified atom stereocenters. The average molecular weight is 222 g/mol. The van der Waals surface area contributed by atoms with E-state index in [9.17, 15) is 8.42 Å². The fourth-order valence-electron chi connectivity index (χ4n) is 1.84. The lowest BCUT2D eigenvalue weighted by Gasteiger charge is -2.30. The zero-order valence-corrected chi connectivity index (χ0v) is 9.18. The van der Waals surface area contributed by atoms with Gasteiger partial charge in [-0.3, -0.25) is 0 Å². The summed E-state index contributed by atoms with van der Waals surface area (Å²) in [6, 6.07) is -0.119. The molecule has 0 bridgehead atoms. The summed E-state index contributed by atoms with van der Waals surface area (Å²) >= 11 is 0. The minimum Gasteiger partial charge on any atom is -0.396 e. The van der Waals surface area contributed by atoms with Crippen molar-refractivity contribution in [1.29, 1.82) is 0 Å². The van der Waals surface area contributed by atoms with Gasteiger partial charge in [-0.2, -0.15) is 13.1 Å². The predicted octanol–water partition coefficient (Wildman–Crippen LogP) is -0.409. The first-order chi connectivity index (χ1) is 6.59. The normalized spacial score (nSPS) is 29.0. The van der Waals surface area contributed by atoms with E-state index in [1.807, 2.05) is 0 Å². The Morgan fingerprint density at radius 1 is 1.36 bits per heavy atom. The molecule has 0 aromatic carbocycles. The van der Waals surface area contributed by atoms with Gasteiger partial charge in [0.25, 0.3) is 10.2 Å². The summed E-state index contributed by atoms with van der Waals surface area (Å²) in [6.07, 6.45) is 3.80. The standard InChI is InChI=1S/C8H18N2O3S/c1-9-14(12,13)10-8-5-3-2-4-7(8)6-11/h7-11H,2-6H2,1H3. The maximum Gasteiger partial charge on any atom is 0.276 e. The molecule has 3 N–H and O–H groups in total. The molecule has 0 amide bonds. The third kappa shape index (κ3) is 3.20. The van der Waals surface area contributed by atoms with E-state index in [2.05, 4.69) is 9.44 Å². The summed E-state index contributed by atoms with van der Waals surface area (Å²) in [5.41, 5.74) is 0. The molecule has 1 rings (SSSR count). The van der Waals surface area contributed by atoms with Crippen LogP contribution >= 0.6 is 0 Å². The Kier molecular flexibility index (Phi) is 4.31. The van der Waals surface area contributed by atoms with Crippen LogP contribution in [0.25, 0.3) is 0 Å². The van der Waals surface area contributed by atoms with Gasteiger partial charge in [-0.25, -0.2) is 4.72 Å². The third-order valence-corrected chi connectivity index (χ3v) is 3.87. The highest BCUT2D eigenvalue weighted by Gasteiger charge is 2.27. The van der Waals surface area contributed by atoms with Crippen molar-refractivity contribution in [2.24, 2.45) is 5.92 Å². The van der Waals surface area contributed by atoms with Gasteiger partial charge in [-0.15, -0.1) is 0 Å². The van der Waals surface area contributed by atoms with E-state index < -0.39 is 10.2 Å². The first kappa shape index (κ1) is 11.9. The lowest BCUT2D eigenvalue weighted by molar-refractivity contribution is 0.164. The molecule has 5 nitrogen and oxygen atoms in total. The van der Waals surface area contributed by atoms with Crippen LogP contribution in [-0.2, 0) is 10.2 Å². The van der Waals surface area contributed by atoms with Gasteiger partial charge >= 0.3 is 0 Å². The Morgan fingerprint density at radius 2 is 2.00 bits per heavy atom. The van der Waals surface area contributed by atoms with Crippen LogP contribution in [0.2, 0.25) is 0 Å². The molecule has 0 aromatic heterocycles. The summed E-state index contributed by atoms with van der Waals surface area (Å²) in [6.45, 7) is 0.0525. The van der Waals surface area contributed by atoms with Gasteiger partial charge in [-0.05, 0) is 18.8 Å². The maximum absolute atomic E-state index is 11.2. The maximum atomic E-state index is 11.2. The predicted molar refractivity (Wildman–Crippen MR) is 53.9 cm³/mol. The zero-order chi connectivity index (χ0) is 10.6. The van der Waals surface area contributed by atoms with Gasteiger partial charge in [-0.1, -0.05) is 12.8 Å². The first-order valence-electron chi connectivity index (χ1n) is 4.90. The largest absolute Gasteiger partial charge is 0.396 e. The van der Waals surface area contributed by atoms with Crippen molar-refractivity contribution in [2.75, 3.05) is 13.7 Å². The molecule has 2 atom stereocenters. The van der Waals surface area contributed by atoms with Gasteiger partial charge in [0.15, 0.2) is 0 Å². The topological polar surface area (TPSA) is 78.4 Å². The quantitative estimate of drug-likeness (QED) is 0.605. The molecule has 0 heterocycles. The highest BCUT2D eigenvalue weighted by Crippen LogP contribution is 2.24. The number of nitrogens with one attached hydrogen (secondary N) is 2. The van der Waals surface area contributed by atoms with Crippen LogP contribution in [0.15, 0.2) is 0 Å². The smallest absolute Gasteiger partial charge is 0.276 e. The number of aliphatic hydroxyl groups is 1. The summed E-state index contributed by atoms with van der Waals surface area (Å²) in [7, 11) is -2.00. The van der Waals surface area contributed by atoms with Gasteiger partial charge in [0.2, 0.25) is 0 Å². The van der Waals surface area contributed by atoms with Crippen molar-refractivity contribution in [3.63, 3.8) is 0 Å². The Bertz CT molecular complexity index is 266. The van der Waals surface area contributed by atoms with E-state index in [-0.39, 0.29) is 18.6 Å². The molecule has 1 saturated carbocycles.